The zero-order valence-electron chi connectivity index (χ0n) is 17.4. The fourth-order valence-corrected chi connectivity index (χ4v) is 4.55. The predicted octanol–water partition coefficient (Wildman–Crippen LogP) is 5.70. The van der Waals surface area contributed by atoms with Crippen molar-refractivity contribution in [2.45, 2.75) is 16.6 Å². The van der Waals surface area contributed by atoms with Gasteiger partial charge in [0.15, 0.2) is 5.16 Å². The molecule has 4 rings (SSSR count). The number of nitrogens with zero attached hydrogens (tertiary/aromatic N) is 3. The molecule has 1 N–H and O–H groups in total. The highest BCUT2D eigenvalue weighted by molar-refractivity contribution is 7.99. The molecule has 0 bridgehead atoms. The number of hydrogen-bond donors (Lipinski definition) is 1. The number of fused-ring (bicyclic) bond motifs is 1. The van der Waals surface area contributed by atoms with Crippen molar-refractivity contribution in [1.82, 2.24) is 15.0 Å². The molecular weight excluding hydrogens is 460 g/mol. The van der Waals surface area contributed by atoms with Crippen LogP contribution in [0.3, 0.4) is 0 Å². The third-order valence-electron chi connectivity index (χ3n) is 4.76. The molecule has 0 radical (unpaired) electrons. The summed E-state index contributed by atoms with van der Waals surface area (Å²) in [6.45, 7) is 0.578. The summed E-state index contributed by atoms with van der Waals surface area (Å²) in [5.41, 5.74) is 6.40. The van der Waals surface area contributed by atoms with Gasteiger partial charge in [-0.25, -0.2) is 10.4 Å². The fourth-order valence-electron chi connectivity index (χ4n) is 3.14. The molecule has 0 spiro atoms. The van der Waals surface area contributed by atoms with E-state index < -0.39 is 0 Å². The molecule has 0 saturated carbocycles. The Morgan fingerprint density at radius 3 is 2.62 bits per heavy atom. The molecule has 8 heteroatoms. The minimum atomic E-state index is -0.191. The van der Waals surface area contributed by atoms with Gasteiger partial charge in [0.05, 0.1) is 29.5 Å². The van der Waals surface area contributed by atoms with E-state index in [9.17, 15) is 4.79 Å². The number of hydrazone groups is 1. The Morgan fingerprint density at radius 1 is 1.09 bits per heavy atom. The van der Waals surface area contributed by atoms with Gasteiger partial charge in [0.1, 0.15) is 0 Å². The number of para-hydroxylation sites is 2. The summed E-state index contributed by atoms with van der Waals surface area (Å²) in [6, 6.07) is 23.7. The number of imidazole rings is 1. The lowest BCUT2D eigenvalue weighted by Crippen LogP contribution is -2.20. The lowest BCUT2D eigenvalue weighted by atomic mass is 10.2. The molecule has 1 aromatic heterocycles. The van der Waals surface area contributed by atoms with E-state index in [0.717, 1.165) is 27.3 Å². The maximum absolute atomic E-state index is 12.3. The van der Waals surface area contributed by atoms with Gasteiger partial charge >= 0.3 is 0 Å². The lowest BCUT2D eigenvalue weighted by Gasteiger charge is -2.10. The first kappa shape index (κ1) is 22.5. The van der Waals surface area contributed by atoms with Crippen LogP contribution in [0.25, 0.3) is 11.0 Å². The second-order valence-corrected chi connectivity index (χ2v) is 9.15. The minimum absolute atomic E-state index is 0.191. The third kappa shape index (κ3) is 5.54. The van der Waals surface area contributed by atoms with Crippen LogP contribution in [-0.4, -0.2) is 33.7 Å². The Bertz CT molecular complexity index is 1250. The molecule has 1 amide bonds. The first-order chi connectivity index (χ1) is 15.6. The summed E-state index contributed by atoms with van der Waals surface area (Å²) in [7, 11) is 0. The number of hydrogen-bond acceptors (Lipinski definition) is 5. The van der Waals surface area contributed by atoms with Crippen LogP contribution in [0.2, 0.25) is 5.02 Å². The van der Waals surface area contributed by atoms with Crippen molar-refractivity contribution < 1.29 is 4.79 Å². The Morgan fingerprint density at radius 2 is 1.84 bits per heavy atom. The molecule has 162 valence electrons. The number of carbonyl (C=O) groups is 1. The summed E-state index contributed by atoms with van der Waals surface area (Å²) in [6.07, 6.45) is 3.67. The number of nitrogens with one attached hydrogen (secondary N) is 1. The average Bonchev–Trinajstić information content (AvgIpc) is 3.17. The standard InChI is InChI=1S/C24H21ClN4OS2/c1-31-19-12-10-17(11-13-19)14-26-28-23(30)16-32-24-27-21-8-4-5-9-22(21)29(24)15-18-6-2-3-7-20(18)25/h2-14H,15-16H2,1H3,(H,28,30). The molecule has 4 aromatic rings. The van der Waals surface area contributed by atoms with Crippen molar-refractivity contribution in [3.05, 3.63) is 88.9 Å². The van der Waals surface area contributed by atoms with E-state index in [1.54, 1.807) is 18.0 Å². The lowest BCUT2D eigenvalue weighted by molar-refractivity contribution is -0.118. The van der Waals surface area contributed by atoms with Gasteiger partial charge in [-0.15, -0.1) is 11.8 Å². The summed E-state index contributed by atoms with van der Waals surface area (Å²) in [5.74, 6) is 0.0116. The van der Waals surface area contributed by atoms with Gasteiger partial charge in [-0.2, -0.15) is 5.10 Å². The normalized spacial score (nSPS) is 11.3. The molecule has 0 aliphatic carbocycles. The largest absolute Gasteiger partial charge is 0.314 e. The van der Waals surface area contributed by atoms with Gasteiger partial charge in [-0.3, -0.25) is 4.79 Å². The number of benzene rings is 3. The van der Waals surface area contributed by atoms with Gasteiger partial charge in [0.2, 0.25) is 0 Å². The summed E-state index contributed by atoms with van der Waals surface area (Å²) in [5, 5.41) is 5.53. The summed E-state index contributed by atoms with van der Waals surface area (Å²) < 4.78 is 2.09. The van der Waals surface area contributed by atoms with Crippen LogP contribution in [0.5, 0.6) is 0 Å². The predicted molar refractivity (Wildman–Crippen MR) is 135 cm³/mol. The highest BCUT2D eigenvalue weighted by Crippen LogP contribution is 2.27. The molecule has 0 aliphatic rings. The highest BCUT2D eigenvalue weighted by Gasteiger charge is 2.14. The van der Waals surface area contributed by atoms with Crippen molar-refractivity contribution in [2.24, 2.45) is 5.10 Å². The topological polar surface area (TPSA) is 59.3 Å². The molecule has 5 nitrogen and oxygen atoms in total. The van der Waals surface area contributed by atoms with Crippen molar-refractivity contribution in [2.75, 3.05) is 12.0 Å². The summed E-state index contributed by atoms with van der Waals surface area (Å²) in [4.78, 5) is 18.2. The van der Waals surface area contributed by atoms with Crippen molar-refractivity contribution >= 4 is 58.3 Å². The van der Waals surface area contributed by atoms with E-state index >= 15 is 0 Å². The van der Waals surface area contributed by atoms with Crippen LogP contribution >= 0.6 is 35.1 Å². The highest BCUT2D eigenvalue weighted by atomic mass is 35.5. The molecule has 32 heavy (non-hydrogen) atoms. The smallest absolute Gasteiger partial charge is 0.250 e. The number of rotatable bonds is 8. The average molecular weight is 481 g/mol. The molecule has 0 unspecified atom stereocenters. The Balaban J connectivity index is 1.43. The van der Waals surface area contributed by atoms with E-state index in [0.29, 0.717) is 11.6 Å². The molecule has 1 heterocycles. The second-order valence-electron chi connectivity index (χ2n) is 6.92. The Kier molecular flexibility index (Phi) is 7.52. The van der Waals surface area contributed by atoms with Crippen LogP contribution in [0.4, 0.5) is 0 Å². The third-order valence-corrected chi connectivity index (χ3v) is 6.85. The molecule has 0 aliphatic heterocycles. The van der Waals surface area contributed by atoms with Crippen LogP contribution in [-0.2, 0) is 11.3 Å². The van der Waals surface area contributed by atoms with E-state index in [1.165, 1.54) is 16.7 Å². The monoisotopic (exact) mass is 480 g/mol. The first-order valence-electron chi connectivity index (χ1n) is 9.91. The Hall–Kier alpha value is -2.74. The summed E-state index contributed by atoms with van der Waals surface area (Å²) >= 11 is 9.43. The van der Waals surface area contributed by atoms with Crippen molar-refractivity contribution in [1.29, 1.82) is 0 Å². The van der Waals surface area contributed by atoms with E-state index in [1.807, 2.05) is 79.1 Å². The fraction of sp³-hybridized carbons (Fsp3) is 0.125. The maximum Gasteiger partial charge on any atom is 0.250 e. The number of carbonyl (C=O) groups excluding carboxylic acids is 1. The minimum Gasteiger partial charge on any atom is -0.314 e. The van der Waals surface area contributed by atoms with E-state index in [2.05, 4.69) is 15.1 Å². The van der Waals surface area contributed by atoms with Crippen molar-refractivity contribution in [3.8, 4) is 0 Å². The second kappa shape index (κ2) is 10.7. The van der Waals surface area contributed by atoms with Crippen LogP contribution in [0, 0.1) is 0 Å². The van der Waals surface area contributed by atoms with Crippen LogP contribution in [0.1, 0.15) is 11.1 Å². The number of amides is 1. The number of halogens is 1. The first-order valence-corrected chi connectivity index (χ1v) is 12.5. The van der Waals surface area contributed by atoms with Crippen LogP contribution < -0.4 is 5.43 Å². The van der Waals surface area contributed by atoms with Crippen molar-refractivity contribution in [3.63, 3.8) is 0 Å². The molecular formula is C24H21ClN4OS2. The van der Waals surface area contributed by atoms with E-state index in [-0.39, 0.29) is 11.7 Å². The maximum atomic E-state index is 12.3. The van der Waals surface area contributed by atoms with Gasteiger partial charge in [-0.05, 0) is 47.7 Å². The zero-order valence-corrected chi connectivity index (χ0v) is 19.8. The number of thioether (sulfide) groups is 2. The molecule has 0 atom stereocenters. The quantitative estimate of drug-likeness (QED) is 0.199. The number of aromatic nitrogens is 2. The molecule has 3 aromatic carbocycles. The Labute approximate surface area is 200 Å². The SMILES string of the molecule is CSc1ccc(C=NNC(=O)CSc2nc3ccccc3n2Cc2ccccc2Cl)cc1. The van der Waals surface area contributed by atoms with Gasteiger partial charge < -0.3 is 4.57 Å². The van der Waals surface area contributed by atoms with Gasteiger partial charge in [0, 0.05) is 9.92 Å². The van der Waals surface area contributed by atoms with Crippen LogP contribution in [0.15, 0.2) is 87.9 Å². The van der Waals surface area contributed by atoms with Gasteiger partial charge in [-0.1, -0.05) is 65.8 Å². The molecule has 0 saturated heterocycles. The van der Waals surface area contributed by atoms with Gasteiger partial charge in [0.25, 0.3) is 5.91 Å². The zero-order chi connectivity index (χ0) is 22.3. The molecule has 0 fully saturated rings. The van der Waals surface area contributed by atoms with E-state index in [4.69, 9.17) is 16.6 Å².